The Kier molecular flexibility index (Phi) is 6.26. The molecule has 10 nitrogen and oxygen atoms in total. The number of benzene rings is 1. The van der Waals surface area contributed by atoms with Crippen molar-refractivity contribution in [3.8, 4) is 0 Å². The number of halogens is 1. The Morgan fingerprint density at radius 1 is 1.03 bits per heavy atom. The van der Waals surface area contributed by atoms with Gasteiger partial charge in [0.2, 0.25) is 5.28 Å². The predicted octanol–water partition coefficient (Wildman–Crippen LogP) is 1.81. The summed E-state index contributed by atoms with van der Waals surface area (Å²) >= 11 is 5.97. The number of unbranched alkanes of at least 4 members (excludes halogenated alkanes) is 1. The zero-order chi connectivity index (χ0) is 21.8. The molecular formula is C20H23ClN8O2. The third-order valence-electron chi connectivity index (χ3n) is 5.19. The Bertz CT molecular complexity index is 1290. The van der Waals surface area contributed by atoms with Crippen molar-refractivity contribution in [2.24, 2.45) is 0 Å². The Balaban J connectivity index is 1.58. The number of fused-ring (bicyclic) bond motifs is 1. The molecule has 1 N–H and O–H groups in total. The van der Waals surface area contributed by atoms with Gasteiger partial charge in [0.25, 0.3) is 5.56 Å². The van der Waals surface area contributed by atoms with Gasteiger partial charge in [0.15, 0.2) is 17.0 Å². The molecule has 0 bridgehead atoms. The average molecular weight is 443 g/mol. The van der Waals surface area contributed by atoms with Crippen LogP contribution in [-0.4, -0.2) is 39.3 Å². The molecule has 0 spiro atoms. The van der Waals surface area contributed by atoms with Gasteiger partial charge in [0.05, 0.1) is 13.1 Å². The van der Waals surface area contributed by atoms with Gasteiger partial charge in [-0.2, -0.15) is 4.98 Å². The zero-order valence-electron chi connectivity index (χ0n) is 17.2. The van der Waals surface area contributed by atoms with E-state index in [0.29, 0.717) is 25.3 Å². The van der Waals surface area contributed by atoms with Gasteiger partial charge in [0.1, 0.15) is 0 Å². The molecule has 0 saturated heterocycles. The lowest BCUT2D eigenvalue weighted by Gasteiger charge is -2.11. The van der Waals surface area contributed by atoms with Gasteiger partial charge in [-0.25, -0.2) is 9.48 Å². The molecule has 3 aromatic heterocycles. The Labute approximate surface area is 182 Å². The summed E-state index contributed by atoms with van der Waals surface area (Å²) in [5.41, 5.74) is 0.838. The number of imidazole rings is 1. The summed E-state index contributed by atoms with van der Waals surface area (Å²) in [6.07, 6.45) is 3.14. The predicted molar refractivity (Wildman–Crippen MR) is 116 cm³/mol. The summed E-state index contributed by atoms with van der Waals surface area (Å²) in [4.78, 5) is 32.8. The van der Waals surface area contributed by atoms with E-state index in [1.807, 2.05) is 25.1 Å². The first kappa shape index (κ1) is 21.0. The van der Waals surface area contributed by atoms with Crippen LogP contribution in [0.25, 0.3) is 11.2 Å². The maximum absolute atomic E-state index is 13.0. The highest BCUT2D eigenvalue weighted by Gasteiger charge is 2.17. The minimum Gasteiger partial charge on any atom is -0.323 e. The molecule has 0 saturated carbocycles. The van der Waals surface area contributed by atoms with Crippen LogP contribution in [0, 0.1) is 0 Å². The number of aromatic amines is 1. The molecule has 0 amide bonds. The van der Waals surface area contributed by atoms with Crippen LogP contribution < -0.4 is 11.2 Å². The molecule has 1 aromatic carbocycles. The molecule has 0 fully saturated rings. The van der Waals surface area contributed by atoms with E-state index in [0.717, 1.165) is 19.3 Å². The summed E-state index contributed by atoms with van der Waals surface area (Å²) < 4.78 is 4.32. The molecule has 0 aliphatic rings. The van der Waals surface area contributed by atoms with E-state index in [4.69, 9.17) is 11.6 Å². The Morgan fingerprint density at radius 2 is 1.84 bits per heavy atom. The van der Waals surface area contributed by atoms with Crippen LogP contribution in [0.5, 0.6) is 0 Å². The molecule has 11 heteroatoms. The van der Waals surface area contributed by atoms with E-state index in [2.05, 4.69) is 37.6 Å². The van der Waals surface area contributed by atoms with Crippen LogP contribution in [0.2, 0.25) is 5.28 Å². The summed E-state index contributed by atoms with van der Waals surface area (Å²) in [5.74, 6) is 0.703. The van der Waals surface area contributed by atoms with Crippen LogP contribution in [-0.2, 0) is 32.5 Å². The number of tetrazole rings is 1. The van der Waals surface area contributed by atoms with E-state index in [-0.39, 0.29) is 23.0 Å². The van der Waals surface area contributed by atoms with Crippen molar-refractivity contribution >= 4 is 22.8 Å². The Hall–Kier alpha value is -3.27. The van der Waals surface area contributed by atoms with Crippen molar-refractivity contribution in [2.75, 3.05) is 0 Å². The third kappa shape index (κ3) is 4.43. The van der Waals surface area contributed by atoms with Gasteiger partial charge >= 0.3 is 5.69 Å². The van der Waals surface area contributed by atoms with Crippen molar-refractivity contribution in [3.05, 3.63) is 67.8 Å². The van der Waals surface area contributed by atoms with Crippen LogP contribution in [0.4, 0.5) is 0 Å². The largest absolute Gasteiger partial charge is 0.332 e. The van der Waals surface area contributed by atoms with Gasteiger partial charge in [-0.15, -0.1) is 5.10 Å². The second-order valence-electron chi connectivity index (χ2n) is 7.27. The van der Waals surface area contributed by atoms with Crippen LogP contribution in [0.3, 0.4) is 0 Å². The van der Waals surface area contributed by atoms with Gasteiger partial charge < -0.3 is 4.98 Å². The first-order valence-corrected chi connectivity index (χ1v) is 10.6. The van der Waals surface area contributed by atoms with Gasteiger partial charge in [0, 0.05) is 13.0 Å². The maximum Gasteiger partial charge on any atom is 0.332 e. The number of nitrogens with one attached hydrogen (secondary N) is 1. The molecule has 4 rings (SSSR count). The van der Waals surface area contributed by atoms with E-state index in [1.54, 1.807) is 4.68 Å². The van der Waals surface area contributed by atoms with Crippen molar-refractivity contribution in [2.45, 2.75) is 52.2 Å². The number of nitrogens with zero attached hydrogens (tertiary/aromatic N) is 7. The zero-order valence-corrected chi connectivity index (χ0v) is 17.9. The molecule has 3 heterocycles. The fourth-order valence-electron chi connectivity index (χ4n) is 3.52. The maximum atomic E-state index is 13.0. The lowest BCUT2D eigenvalue weighted by atomic mass is 10.1. The number of rotatable bonds is 9. The van der Waals surface area contributed by atoms with Gasteiger partial charge in [-0.05, 0) is 40.4 Å². The standard InChI is InChI=1S/C20H23ClN8O2/c1-2-3-11-27-17-16(22-19(21)23-17)18(30)28(20(27)31)12-13-29-15(24-25-26-29)10-9-14-7-5-4-6-8-14/h4-8H,2-3,9-13H2,1H3,(H,22,23). The van der Waals surface area contributed by atoms with Crippen LogP contribution >= 0.6 is 11.6 Å². The van der Waals surface area contributed by atoms with Crippen molar-refractivity contribution in [1.29, 1.82) is 0 Å². The van der Waals surface area contributed by atoms with Crippen LogP contribution in [0.1, 0.15) is 31.2 Å². The molecule has 162 valence electrons. The molecule has 0 atom stereocenters. The number of hydrogen-bond donors (Lipinski definition) is 1. The number of hydrogen-bond acceptors (Lipinski definition) is 6. The SMILES string of the molecule is CCCCn1c(=O)n(CCn2nnnc2CCc2ccccc2)c(=O)c2[nH]c(Cl)nc21. The smallest absolute Gasteiger partial charge is 0.323 e. The normalized spacial score (nSPS) is 11.4. The monoisotopic (exact) mass is 442 g/mol. The van der Waals surface area contributed by atoms with E-state index in [9.17, 15) is 9.59 Å². The van der Waals surface area contributed by atoms with E-state index < -0.39 is 11.2 Å². The van der Waals surface area contributed by atoms with Crippen molar-refractivity contribution < 1.29 is 0 Å². The molecule has 0 radical (unpaired) electrons. The number of H-pyrrole nitrogens is 1. The third-order valence-corrected chi connectivity index (χ3v) is 5.37. The number of aryl methyl sites for hydroxylation is 4. The van der Waals surface area contributed by atoms with Crippen LogP contribution in [0.15, 0.2) is 39.9 Å². The topological polar surface area (TPSA) is 116 Å². The highest BCUT2D eigenvalue weighted by Crippen LogP contribution is 2.10. The molecule has 0 unspecified atom stereocenters. The minimum absolute atomic E-state index is 0.0816. The molecule has 0 aliphatic carbocycles. The second-order valence-corrected chi connectivity index (χ2v) is 7.63. The fourth-order valence-corrected chi connectivity index (χ4v) is 3.70. The average Bonchev–Trinajstić information content (AvgIpc) is 3.39. The minimum atomic E-state index is -0.453. The molecule has 0 aliphatic heterocycles. The summed E-state index contributed by atoms with van der Waals surface area (Å²) in [6.45, 7) is 2.93. The highest BCUT2D eigenvalue weighted by atomic mass is 35.5. The molecule has 31 heavy (non-hydrogen) atoms. The molecular weight excluding hydrogens is 420 g/mol. The number of aromatic nitrogens is 8. The van der Waals surface area contributed by atoms with E-state index in [1.165, 1.54) is 14.7 Å². The van der Waals surface area contributed by atoms with Crippen molar-refractivity contribution in [3.63, 3.8) is 0 Å². The first-order chi connectivity index (χ1) is 15.1. The highest BCUT2D eigenvalue weighted by molar-refractivity contribution is 6.28. The first-order valence-electron chi connectivity index (χ1n) is 10.3. The lowest BCUT2D eigenvalue weighted by molar-refractivity contribution is 0.468. The second kappa shape index (κ2) is 9.25. The van der Waals surface area contributed by atoms with Gasteiger partial charge in [-0.3, -0.25) is 13.9 Å². The summed E-state index contributed by atoms with van der Waals surface area (Å²) in [5, 5.41) is 12.0. The summed E-state index contributed by atoms with van der Waals surface area (Å²) in [7, 11) is 0. The Morgan fingerprint density at radius 3 is 2.61 bits per heavy atom. The fraction of sp³-hybridized carbons (Fsp3) is 0.400. The van der Waals surface area contributed by atoms with Gasteiger partial charge in [-0.1, -0.05) is 43.7 Å². The molecule has 4 aromatic rings. The lowest BCUT2D eigenvalue weighted by Crippen LogP contribution is -2.41. The summed E-state index contributed by atoms with van der Waals surface area (Å²) in [6, 6.07) is 10.1. The quantitative estimate of drug-likeness (QED) is 0.395. The van der Waals surface area contributed by atoms with Crippen molar-refractivity contribution in [1.82, 2.24) is 39.3 Å². The van der Waals surface area contributed by atoms with E-state index >= 15 is 0 Å².